The van der Waals surface area contributed by atoms with Crippen LogP contribution in [0.5, 0.6) is 0 Å². The van der Waals surface area contributed by atoms with Crippen molar-refractivity contribution in [3.8, 4) is 0 Å². The number of piperazine rings is 1. The van der Waals surface area contributed by atoms with E-state index in [1.54, 1.807) is 12.1 Å². The van der Waals surface area contributed by atoms with Crippen LogP contribution in [0.3, 0.4) is 0 Å². The molecule has 1 N–H and O–H groups in total. The summed E-state index contributed by atoms with van der Waals surface area (Å²) in [5, 5.41) is 3.38. The molecular formula is C15H24ClFN2. The Hall–Kier alpha value is -0.640. The van der Waals surface area contributed by atoms with Gasteiger partial charge in [-0.15, -0.1) is 12.4 Å². The van der Waals surface area contributed by atoms with Crippen LogP contribution in [0.2, 0.25) is 0 Å². The van der Waals surface area contributed by atoms with Crippen molar-refractivity contribution in [3.63, 3.8) is 0 Å². The monoisotopic (exact) mass is 286 g/mol. The maximum absolute atomic E-state index is 13.0. The molecule has 2 nitrogen and oxygen atoms in total. The third-order valence-corrected chi connectivity index (χ3v) is 3.54. The van der Waals surface area contributed by atoms with Crippen molar-refractivity contribution in [1.82, 2.24) is 10.2 Å². The van der Waals surface area contributed by atoms with Gasteiger partial charge in [-0.25, -0.2) is 4.39 Å². The molecule has 0 bridgehead atoms. The molecule has 0 amide bonds. The van der Waals surface area contributed by atoms with Crippen LogP contribution in [0, 0.1) is 11.7 Å². The highest BCUT2D eigenvalue weighted by Gasteiger charge is 2.22. The lowest BCUT2D eigenvalue weighted by atomic mass is 9.95. The molecule has 1 heterocycles. The van der Waals surface area contributed by atoms with Crippen LogP contribution in [0.15, 0.2) is 24.3 Å². The van der Waals surface area contributed by atoms with Gasteiger partial charge in [-0.1, -0.05) is 26.0 Å². The molecule has 0 saturated carbocycles. The second-order valence-corrected chi connectivity index (χ2v) is 5.48. The van der Waals surface area contributed by atoms with E-state index in [4.69, 9.17) is 0 Å². The van der Waals surface area contributed by atoms with Gasteiger partial charge in [-0.05, 0) is 30.0 Å². The highest BCUT2D eigenvalue weighted by atomic mass is 35.5. The van der Waals surface area contributed by atoms with E-state index in [2.05, 4.69) is 24.1 Å². The van der Waals surface area contributed by atoms with E-state index in [1.165, 1.54) is 5.56 Å². The first-order valence-corrected chi connectivity index (χ1v) is 6.87. The van der Waals surface area contributed by atoms with E-state index in [-0.39, 0.29) is 18.2 Å². The normalized spacial score (nSPS) is 18.1. The lowest BCUT2D eigenvalue weighted by molar-refractivity contribution is 0.154. The third-order valence-electron chi connectivity index (χ3n) is 3.54. The first-order valence-electron chi connectivity index (χ1n) is 6.87. The van der Waals surface area contributed by atoms with E-state index in [0.29, 0.717) is 12.0 Å². The Morgan fingerprint density at radius 1 is 1.16 bits per heavy atom. The Balaban J connectivity index is 0.00000180. The van der Waals surface area contributed by atoms with Gasteiger partial charge in [0.25, 0.3) is 0 Å². The summed E-state index contributed by atoms with van der Waals surface area (Å²) < 4.78 is 13.0. The molecule has 0 unspecified atom stereocenters. The number of nitrogens with zero attached hydrogens (tertiary/aromatic N) is 1. The second-order valence-electron chi connectivity index (χ2n) is 5.48. The lowest BCUT2D eigenvalue weighted by Gasteiger charge is -2.36. The van der Waals surface area contributed by atoms with Gasteiger partial charge in [0.2, 0.25) is 0 Å². The van der Waals surface area contributed by atoms with Crippen molar-refractivity contribution in [1.29, 1.82) is 0 Å². The predicted molar refractivity (Wildman–Crippen MR) is 80.3 cm³/mol. The molecule has 1 fully saturated rings. The number of nitrogens with one attached hydrogen (secondary N) is 1. The topological polar surface area (TPSA) is 15.3 Å². The van der Waals surface area contributed by atoms with Crippen LogP contribution >= 0.6 is 12.4 Å². The highest BCUT2D eigenvalue weighted by molar-refractivity contribution is 5.85. The SMILES string of the molecule is CC(C)C[C@@H](c1ccc(F)cc1)N1CCNCC1.Cl. The molecule has 1 aromatic rings. The molecule has 1 aliphatic heterocycles. The van der Waals surface area contributed by atoms with E-state index < -0.39 is 0 Å². The fraction of sp³-hybridized carbons (Fsp3) is 0.600. The first kappa shape index (κ1) is 16.4. The Morgan fingerprint density at radius 3 is 2.26 bits per heavy atom. The summed E-state index contributed by atoms with van der Waals surface area (Å²) >= 11 is 0. The zero-order valence-electron chi connectivity index (χ0n) is 11.7. The quantitative estimate of drug-likeness (QED) is 0.914. The Morgan fingerprint density at radius 2 is 1.74 bits per heavy atom. The predicted octanol–water partition coefficient (Wildman–Crippen LogP) is 3.24. The van der Waals surface area contributed by atoms with Crippen molar-refractivity contribution in [2.24, 2.45) is 5.92 Å². The summed E-state index contributed by atoms with van der Waals surface area (Å²) in [5.41, 5.74) is 1.24. The number of hydrogen-bond donors (Lipinski definition) is 1. The molecule has 1 aromatic carbocycles. The maximum atomic E-state index is 13.0. The average Bonchev–Trinajstić information content (AvgIpc) is 2.38. The summed E-state index contributed by atoms with van der Waals surface area (Å²) in [6.07, 6.45) is 1.13. The largest absolute Gasteiger partial charge is 0.314 e. The molecule has 1 saturated heterocycles. The summed E-state index contributed by atoms with van der Waals surface area (Å²) in [6, 6.07) is 7.44. The van der Waals surface area contributed by atoms with Crippen molar-refractivity contribution >= 4 is 12.4 Å². The number of halogens is 2. The van der Waals surface area contributed by atoms with Crippen LogP contribution in [0.25, 0.3) is 0 Å². The van der Waals surface area contributed by atoms with Gasteiger partial charge in [-0.2, -0.15) is 0 Å². The number of hydrogen-bond acceptors (Lipinski definition) is 2. The van der Waals surface area contributed by atoms with Gasteiger partial charge >= 0.3 is 0 Å². The van der Waals surface area contributed by atoms with Crippen LogP contribution in [-0.2, 0) is 0 Å². The Kier molecular flexibility index (Phi) is 6.76. The average molecular weight is 287 g/mol. The molecule has 4 heteroatoms. The van der Waals surface area contributed by atoms with Gasteiger partial charge in [0.1, 0.15) is 5.82 Å². The molecular weight excluding hydrogens is 263 g/mol. The Labute approximate surface area is 121 Å². The van der Waals surface area contributed by atoms with Crippen molar-refractivity contribution in [2.45, 2.75) is 26.3 Å². The minimum absolute atomic E-state index is 0. The fourth-order valence-corrected chi connectivity index (χ4v) is 2.62. The summed E-state index contributed by atoms with van der Waals surface area (Å²) in [6.45, 7) is 8.76. The zero-order chi connectivity index (χ0) is 13.0. The highest BCUT2D eigenvalue weighted by Crippen LogP contribution is 2.28. The van der Waals surface area contributed by atoms with Gasteiger partial charge in [-0.3, -0.25) is 4.90 Å². The lowest BCUT2D eigenvalue weighted by Crippen LogP contribution is -2.45. The standard InChI is InChI=1S/C15H23FN2.ClH/c1-12(2)11-15(18-9-7-17-8-10-18)13-3-5-14(16)6-4-13;/h3-6,12,15,17H,7-11H2,1-2H3;1H/t15-;/m0./s1. The molecule has 0 spiro atoms. The summed E-state index contributed by atoms with van der Waals surface area (Å²) in [5.74, 6) is 0.497. The number of rotatable bonds is 4. The summed E-state index contributed by atoms with van der Waals surface area (Å²) in [4.78, 5) is 2.52. The van der Waals surface area contributed by atoms with E-state index >= 15 is 0 Å². The van der Waals surface area contributed by atoms with Crippen LogP contribution in [0.1, 0.15) is 31.9 Å². The fourth-order valence-electron chi connectivity index (χ4n) is 2.62. The molecule has 1 aliphatic rings. The van der Waals surface area contributed by atoms with Gasteiger partial charge < -0.3 is 5.32 Å². The minimum Gasteiger partial charge on any atom is -0.314 e. The third kappa shape index (κ3) is 4.75. The Bertz CT molecular complexity index is 361. The molecule has 0 radical (unpaired) electrons. The molecule has 19 heavy (non-hydrogen) atoms. The molecule has 0 aliphatic carbocycles. The van der Waals surface area contributed by atoms with Crippen molar-refractivity contribution < 1.29 is 4.39 Å². The second kappa shape index (κ2) is 7.83. The van der Waals surface area contributed by atoms with Gasteiger partial charge in [0.15, 0.2) is 0 Å². The van der Waals surface area contributed by atoms with E-state index in [0.717, 1.165) is 32.6 Å². The van der Waals surface area contributed by atoms with E-state index in [9.17, 15) is 4.39 Å². The zero-order valence-corrected chi connectivity index (χ0v) is 12.5. The maximum Gasteiger partial charge on any atom is 0.123 e. The number of benzene rings is 1. The van der Waals surface area contributed by atoms with Gasteiger partial charge in [0, 0.05) is 32.2 Å². The van der Waals surface area contributed by atoms with Crippen LogP contribution in [-0.4, -0.2) is 31.1 Å². The molecule has 108 valence electrons. The van der Waals surface area contributed by atoms with Crippen molar-refractivity contribution in [3.05, 3.63) is 35.6 Å². The minimum atomic E-state index is -0.151. The van der Waals surface area contributed by atoms with Crippen molar-refractivity contribution in [2.75, 3.05) is 26.2 Å². The molecule has 2 rings (SSSR count). The van der Waals surface area contributed by atoms with E-state index in [1.807, 2.05) is 12.1 Å². The smallest absolute Gasteiger partial charge is 0.123 e. The first-order chi connectivity index (χ1) is 8.66. The van der Waals surface area contributed by atoms with Crippen LogP contribution < -0.4 is 5.32 Å². The van der Waals surface area contributed by atoms with Gasteiger partial charge in [0.05, 0.1) is 0 Å². The molecule has 1 atom stereocenters. The van der Waals surface area contributed by atoms with Crippen LogP contribution in [0.4, 0.5) is 4.39 Å². The summed E-state index contributed by atoms with van der Waals surface area (Å²) in [7, 11) is 0. The molecule has 0 aromatic heterocycles.